The Labute approximate surface area is 169 Å². The zero-order valence-electron chi connectivity index (χ0n) is 15.7. The van der Waals surface area contributed by atoms with Gasteiger partial charge in [-0.25, -0.2) is 0 Å². The van der Waals surface area contributed by atoms with Gasteiger partial charge in [-0.3, -0.25) is 9.48 Å². The van der Waals surface area contributed by atoms with Crippen molar-refractivity contribution in [2.24, 2.45) is 0 Å². The molecule has 0 radical (unpaired) electrons. The second-order valence-corrected chi connectivity index (χ2v) is 7.44. The van der Waals surface area contributed by atoms with E-state index in [0.717, 1.165) is 24.2 Å². The fourth-order valence-corrected chi connectivity index (χ4v) is 3.73. The molecular formula is C22H22ClN3O2. The van der Waals surface area contributed by atoms with Gasteiger partial charge in [0.2, 0.25) is 0 Å². The van der Waals surface area contributed by atoms with E-state index in [1.807, 2.05) is 29.8 Å². The van der Waals surface area contributed by atoms with E-state index in [1.165, 1.54) is 11.1 Å². The Hall–Kier alpha value is -2.63. The summed E-state index contributed by atoms with van der Waals surface area (Å²) in [5.74, 6) is -0.131. The third kappa shape index (κ3) is 4.11. The summed E-state index contributed by atoms with van der Waals surface area (Å²) in [5.41, 5.74) is 4.77. The molecule has 3 aromatic rings. The van der Waals surface area contributed by atoms with Crippen molar-refractivity contribution >= 4 is 17.5 Å². The number of fused-ring (bicyclic) bond motifs is 1. The monoisotopic (exact) mass is 395 g/mol. The Morgan fingerprint density at radius 2 is 2.11 bits per heavy atom. The lowest BCUT2D eigenvalue weighted by atomic mass is 10.1. The van der Waals surface area contributed by atoms with Crippen molar-refractivity contribution in [3.05, 3.63) is 87.7 Å². The largest absolute Gasteiger partial charge is 0.370 e. The fourth-order valence-electron chi connectivity index (χ4n) is 3.50. The highest BCUT2D eigenvalue weighted by molar-refractivity contribution is 6.30. The summed E-state index contributed by atoms with van der Waals surface area (Å²) in [6.07, 6.45) is 2.69. The predicted molar refractivity (Wildman–Crippen MR) is 109 cm³/mol. The standard InChI is InChI=1S/C22H22ClN3O2/c1-15-11-18(23)7-8-19(15)22(27)24-12-20-21-17(9-10-28-20)14-26(25-21)13-16-5-3-2-4-6-16/h2-8,11,14,20H,9-10,12-13H2,1H3,(H,24,27). The molecule has 6 heteroatoms. The van der Waals surface area contributed by atoms with Gasteiger partial charge < -0.3 is 10.1 Å². The van der Waals surface area contributed by atoms with Gasteiger partial charge in [0.15, 0.2) is 0 Å². The molecule has 2 heterocycles. The summed E-state index contributed by atoms with van der Waals surface area (Å²) in [6, 6.07) is 15.5. The number of aromatic nitrogens is 2. The van der Waals surface area contributed by atoms with Crippen LogP contribution >= 0.6 is 11.6 Å². The Morgan fingerprint density at radius 1 is 1.29 bits per heavy atom. The quantitative estimate of drug-likeness (QED) is 0.712. The number of hydrogen-bond acceptors (Lipinski definition) is 3. The molecule has 1 aliphatic heterocycles. The van der Waals surface area contributed by atoms with Crippen molar-refractivity contribution in [3.8, 4) is 0 Å². The maximum Gasteiger partial charge on any atom is 0.251 e. The molecule has 4 rings (SSSR count). The number of halogens is 1. The Bertz CT molecular complexity index is 985. The Kier molecular flexibility index (Phi) is 5.46. The first-order valence-corrected chi connectivity index (χ1v) is 9.74. The van der Waals surface area contributed by atoms with Crippen LogP contribution in [-0.4, -0.2) is 28.8 Å². The minimum atomic E-state index is -0.239. The highest BCUT2D eigenvalue weighted by atomic mass is 35.5. The van der Waals surface area contributed by atoms with E-state index in [9.17, 15) is 4.79 Å². The van der Waals surface area contributed by atoms with Gasteiger partial charge in [-0.15, -0.1) is 0 Å². The zero-order chi connectivity index (χ0) is 19.5. The van der Waals surface area contributed by atoms with Crippen LogP contribution in [0.1, 0.15) is 38.8 Å². The number of carbonyl (C=O) groups is 1. The maximum absolute atomic E-state index is 12.5. The van der Waals surface area contributed by atoms with Crippen molar-refractivity contribution in [3.63, 3.8) is 0 Å². The minimum absolute atomic E-state index is 0.131. The summed E-state index contributed by atoms with van der Waals surface area (Å²) in [7, 11) is 0. The van der Waals surface area contributed by atoms with Crippen LogP contribution in [0.15, 0.2) is 54.7 Å². The van der Waals surface area contributed by atoms with E-state index in [4.69, 9.17) is 21.4 Å². The van der Waals surface area contributed by atoms with Gasteiger partial charge in [0, 0.05) is 23.3 Å². The summed E-state index contributed by atoms with van der Waals surface area (Å²) >= 11 is 5.97. The molecule has 0 aliphatic carbocycles. The lowest BCUT2D eigenvalue weighted by Crippen LogP contribution is -2.32. The number of carbonyl (C=O) groups excluding carboxylic acids is 1. The van der Waals surface area contributed by atoms with Gasteiger partial charge in [0.25, 0.3) is 5.91 Å². The first-order valence-electron chi connectivity index (χ1n) is 9.36. The van der Waals surface area contributed by atoms with Gasteiger partial charge in [0.1, 0.15) is 6.10 Å². The van der Waals surface area contributed by atoms with Crippen molar-refractivity contribution < 1.29 is 9.53 Å². The number of rotatable bonds is 5. The zero-order valence-corrected chi connectivity index (χ0v) is 16.4. The molecule has 1 N–H and O–H groups in total. The Balaban J connectivity index is 1.45. The second-order valence-electron chi connectivity index (χ2n) is 7.00. The number of nitrogens with one attached hydrogen (secondary N) is 1. The molecule has 2 aromatic carbocycles. The van der Waals surface area contributed by atoms with Crippen LogP contribution in [0.5, 0.6) is 0 Å². The molecule has 1 unspecified atom stereocenters. The number of benzene rings is 2. The summed E-state index contributed by atoms with van der Waals surface area (Å²) in [4.78, 5) is 12.5. The minimum Gasteiger partial charge on any atom is -0.370 e. The molecule has 0 bridgehead atoms. The van der Waals surface area contributed by atoms with Gasteiger partial charge in [-0.1, -0.05) is 41.9 Å². The Morgan fingerprint density at radius 3 is 2.89 bits per heavy atom. The van der Waals surface area contributed by atoms with Crippen LogP contribution < -0.4 is 5.32 Å². The lowest BCUT2D eigenvalue weighted by Gasteiger charge is -2.22. The van der Waals surface area contributed by atoms with E-state index < -0.39 is 0 Å². The number of nitrogens with zero attached hydrogens (tertiary/aromatic N) is 2. The molecule has 1 amide bonds. The number of aryl methyl sites for hydroxylation is 1. The highest BCUT2D eigenvalue weighted by Crippen LogP contribution is 2.26. The summed E-state index contributed by atoms with van der Waals surface area (Å²) in [5, 5.41) is 8.33. The van der Waals surface area contributed by atoms with Gasteiger partial charge in [-0.2, -0.15) is 5.10 Å². The third-order valence-electron chi connectivity index (χ3n) is 4.93. The normalized spacial score (nSPS) is 15.9. The van der Waals surface area contributed by atoms with Crippen LogP contribution in [0.2, 0.25) is 5.02 Å². The molecule has 5 nitrogen and oxygen atoms in total. The number of hydrogen-bond donors (Lipinski definition) is 1. The molecule has 1 aliphatic rings. The summed E-state index contributed by atoms with van der Waals surface area (Å²) < 4.78 is 7.84. The molecule has 0 spiro atoms. The molecule has 0 saturated carbocycles. The van der Waals surface area contributed by atoms with E-state index in [0.29, 0.717) is 23.7 Å². The molecule has 144 valence electrons. The molecule has 28 heavy (non-hydrogen) atoms. The first kappa shape index (κ1) is 18.7. The fraction of sp³-hybridized carbons (Fsp3) is 0.273. The van der Waals surface area contributed by atoms with E-state index in [-0.39, 0.29) is 12.0 Å². The van der Waals surface area contributed by atoms with Crippen LogP contribution in [0.4, 0.5) is 0 Å². The van der Waals surface area contributed by atoms with Gasteiger partial charge in [-0.05, 0) is 48.2 Å². The SMILES string of the molecule is Cc1cc(Cl)ccc1C(=O)NCC1OCCc2cn(Cc3ccccc3)nc21. The van der Waals surface area contributed by atoms with Crippen molar-refractivity contribution in [2.45, 2.75) is 26.0 Å². The van der Waals surface area contributed by atoms with Crippen molar-refractivity contribution in [1.29, 1.82) is 0 Å². The predicted octanol–water partition coefficient (Wildman–Crippen LogP) is 3.94. The summed E-state index contributed by atoms with van der Waals surface area (Å²) in [6.45, 7) is 3.61. The average Bonchev–Trinajstić information content (AvgIpc) is 3.10. The van der Waals surface area contributed by atoms with Crippen molar-refractivity contribution in [1.82, 2.24) is 15.1 Å². The molecular weight excluding hydrogens is 374 g/mol. The van der Waals surface area contributed by atoms with Crippen molar-refractivity contribution in [2.75, 3.05) is 13.2 Å². The van der Waals surface area contributed by atoms with E-state index in [2.05, 4.69) is 23.6 Å². The molecule has 1 aromatic heterocycles. The maximum atomic E-state index is 12.5. The topological polar surface area (TPSA) is 56.1 Å². The smallest absolute Gasteiger partial charge is 0.251 e. The first-order chi connectivity index (χ1) is 13.6. The van der Waals surface area contributed by atoms with Crippen LogP contribution in [0, 0.1) is 6.92 Å². The number of ether oxygens (including phenoxy) is 1. The molecule has 1 atom stereocenters. The number of amides is 1. The second kappa shape index (κ2) is 8.17. The van der Waals surface area contributed by atoms with Crippen LogP contribution in [-0.2, 0) is 17.7 Å². The lowest BCUT2D eigenvalue weighted by molar-refractivity contribution is 0.0383. The van der Waals surface area contributed by atoms with Crippen LogP contribution in [0.3, 0.4) is 0 Å². The highest BCUT2D eigenvalue weighted by Gasteiger charge is 2.25. The third-order valence-corrected chi connectivity index (χ3v) is 5.17. The van der Waals surface area contributed by atoms with E-state index >= 15 is 0 Å². The molecule has 0 fully saturated rings. The van der Waals surface area contributed by atoms with Gasteiger partial charge >= 0.3 is 0 Å². The van der Waals surface area contributed by atoms with E-state index in [1.54, 1.807) is 18.2 Å². The average molecular weight is 396 g/mol. The van der Waals surface area contributed by atoms with Gasteiger partial charge in [0.05, 0.1) is 18.8 Å². The van der Waals surface area contributed by atoms with Crippen LogP contribution in [0.25, 0.3) is 0 Å². The molecule has 0 saturated heterocycles.